The summed E-state index contributed by atoms with van der Waals surface area (Å²) in [6, 6.07) is -0.801. The van der Waals surface area contributed by atoms with Crippen LogP contribution in [-0.2, 0) is 4.79 Å². The Kier molecular flexibility index (Phi) is 37.6. The number of amides is 1. The zero-order valence-electron chi connectivity index (χ0n) is 31.9. The maximum Gasteiger partial charge on any atom is 0.220 e. The fraction of sp³-hybridized carbons (Fsp3) is 0.976. The van der Waals surface area contributed by atoms with Crippen LogP contribution in [0.25, 0.3) is 0 Å². The highest BCUT2D eigenvalue weighted by Crippen LogP contribution is 2.17. The molecule has 0 bridgehead atoms. The molecule has 1 amide bonds. The third kappa shape index (κ3) is 33.6. The lowest BCUT2D eigenvalue weighted by Gasteiger charge is -2.26. The second-order valence-corrected chi connectivity index (χ2v) is 14.9. The van der Waals surface area contributed by atoms with E-state index < -0.39 is 18.2 Å². The number of hydrogen-bond donors (Lipinski definition) is 4. The standard InChI is InChI=1S/C42H85NO4/c1-3-5-7-9-11-13-14-15-16-17-18-19-20-21-22-23-24-25-26-27-29-30-32-34-36-40(45)42(47)39(38-44)43-41(46)37-35-33-31-28-12-10-8-6-4-2/h39-40,42,44-45,47H,3-38H2,1-2H3,(H,43,46). The van der Waals surface area contributed by atoms with Crippen LogP contribution in [-0.4, -0.2) is 46.1 Å². The second-order valence-electron chi connectivity index (χ2n) is 14.9. The first-order valence-electron chi connectivity index (χ1n) is 21.3. The second kappa shape index (κ2) is 38.2. The summed E-state index contributed by atoms with van der Waals surface area (Å²) in [5, 5.41) is 33.4. The molecule has 0 spiro atoms. The van der Waals surface area contributed by atoms with E-state index in [2.05, 4.69) is 19.2 Å². The van der Waals surface area contributed by atoms with Crippen LogP contribution in [0, 0.1) is 0 Å². The molecule has 0 saturated carbocycles. The fourth-order valence-corrected chi connectivity index (χ4v) is 6.87. The van der Waals surface area contributed by atoms with Crippen molar-refractivity contribution in [2.24, 2.45) is 0 Å². The first kappa shape index (κ1) is 46.4. The normalized spacial score (nSPS) is 13.6. The lowest BCUT2D eigenvalue weighted by molar-refractivity contribution is -0.124. The van der Waals surface area contributed by atoms with Crippen LogP contribution < -0.4 is 5.32 Å². The fourth-order valence-electron chi connectivity index (χ4n) is 6.87. The molecule has 3 unspecified atom stereocenters. The van der Waals surface area contributed by atoms with Gasteiger partial charge in [-0.3, -0.25) is 4.79 Å². The van der Waals surface area contributed by atoms with Gasteiger partial charge < -0.3 is 20.6 Å². The Hall–Kier alpha value is -0.650. The van der Waals surface area contributed by atoms with E-state index in [-0.39, 0.29) is 12.5 Å². The zero-order chi connectivity index (χ0) is 34.5. The summed E-state index contributed by atoms with van der Waals surface area (Å²) in [6.45, 7) is 4.16. The maximum atomic E-state index is 12.3. The molecule has 0 aliphatic carbocycles. The van der Waals surface area contributed by atoms with Crippen molar-refractivity contribution < 1.29 is 20.1 Å². The van der Waals surface area contributed by atoms with E-state index in [0.717, 1.165) is 32.1 Å². The molecular formula is C42H85NO4. The zero-order valence-corrected chi connectivity index (χ0v) is 31.9. The molecule has 4 N–H and O–H groups in total. The van der Waals surface area contributed by atoms with Crippen molar-refractivity contribution in [3.8, 4) is 0 Å². The molecule has 0 fully saturated rings. The van der Waals surface area contributed by atoms with Crippen molar-refractivity contribution in [2.75, 3.05) is 6.61 Å². The highest BCUT2D eigenvalue weighted by molar-refractivity contribution is 5.76. The Bertz CT molecular complexity index is 615. The Morgan fingerprint density at radius 2 is 0.723 bits per heavy atom. The quantitative estimate of drug-likeness (QED) is 0.0491. The molecule has 0 heterocycles. The summed E-state index contributed by atoms with van der Waals surface area (Å²) in [5.74, 6) is -0.145. The van der Waals surface area contributed by atoms with E-state index in [1.807, 2.05) is 0 Å². The van der Waals surface area contributed by atoms with Crippen LogP contribution in [0.15, 0.2) is 0 Å². The molecule has 5 nitrogen and oxygen atoms in total. The van der Waals surface area contributed by atoms with Crippen molar-refractivity contribution in [3.05, 3.63) is 0 Å². The summed E-state index contributed by atoms with van der Waals surface area (Å²) in [6.07, 6.45) is 42.2. The van der Waals surface area contributed by atoms with Crippen molar-refractivity contribution in [1.29, 1.82) is 0 Å². The van der Waals surface area contributed by atoms with E-state index in [1.54, 1.807) is 0 Å². The first-order chi connectivity index (χ1) is 23.1. The Balaban J connectivity index is 3.51. The van der Waals surface area contributed by atoms with E-state index in [4.69, 9.17) is 0 Å². The van der Waals surface area contributed by atoms with Crippen molar-refractivity contribution in [2.45, 2.75) is 257 Å². The third-order valence-electron chi connectivity index (χ3n) is 10.2. The molecule has 0 saturated heterocycles. The lowest BCUT2D eigenvalue weighted by Crippen LogP contribution is -2.50. The molecule has 0 radical (unpaired) electrons. The van der Waals surface area contributed by atoms with Gasteiger partial charge in [-0.15, -0.1) is 0 Å². The maximum absolute atomic E-state index is 12.3. The molecule has 0 aromatic rings. The molecule has 0 aliphatic rings. The number of rotatable bonds is 39. The Morgan fingerprint density at radius 1 is 0.447 bits per heavy atom. The predicted molar refractivity (Wildman–Crippen MR) is 204 cm³/mol. The molecule has 0 aliphatic heterocycles. The topological polar surface area (TPSA) is 89.8 Å². The number of nitrogens with one attached hydrogen (secondary N) is 1. The van der Waals surface area contributed by atoms with E-state index in [9.17, 15) is 20.1 Å². The minimum Gasteiger partial charge on any atom is -0.394 e. The first-order valence-corrected chi connectivity index (χ1v) is 21.3. The van der Waals surface area contributed by atoms with Crippen LogP contribution in [0.1, 0.15) is 239 Å². The van der Waals surface area contributed by atoms with Crippen molar-refractivity contribution >= 4 is 5.91 Å². The number of aliphatic hydroxyl groups is 3. The molecule has 282 valence electrons. The number of hydrogen-bond acceptors (Lipinski definition) is 4. The average molecular weight is 668 g/mol. The van der Waals surface area contributed by atoms with Crippen molar-refractivity contribution in [3.63, 3.8) is 0 Å². The van der Waals surface area contributed by atoms with Gasteiger partial charge in [-0.2, -0.15) is 0 Å². The number of carbonyl (C=O) groups is 1. The molecule has 0 aromatic heterocycles. The number of unbranched alkanes of at least 4 members (excludes halogenated alkanes) is 31. The molecule has 0 rings (SSSR count). The largest absolute Gasteiger partial charge is 0.394 e. The van der Waals surface area contributed by atoms with Crippen LogP contribution in [0.4, 0.5) is 0 Å². The average Bonchev–Trinajstić information content (AvgIpc) is 3.07. The molecule has 0 aromatic carbocycles. The Morgan fingerprint density at radius 3 is 1.02 bits per heavy atom. The van der Waals surface area contributed by atoms with Crippen molar-refractivity contribution in [1.82, 2.24) is 5.32 Å². The molecule has 3 atom stereocenters. The summed E-state index contributed by atoms with van der Waals surface area (Å²) < 4.78 is 0. The van der Waals surface area contributed by atoms with Crippen LogP contribution in [0.2, 0.25) is 0 Å². The number of aliphatic hydroxyl groups excluding tert-OH is 3. The summed E-state index contributed by atoms with van der Waals surface area (Å²) in [5.41, 5.74) is 0. The molecule has 5 heteroatoms. The monoisotopic (exact) mass is 668 g/mol. The van der Waals surface area contributed by atoms with Gasteiger partial charge in [0, 0.05) is 6.42 Å². The van der Waals surface area contributed by atoms with E-state index in [1.165, 1.54) is 180 Å². The van der Waals surface area contributed by atoms with Gasteiger partial charge in [-0.05, 0) is 12.8 Å². The molecular weight excluding hydrogens is 582 g/mol. The number of carbonyl (C=O) groups excluding carboxylic acids is 1. The lowest BCUT2D eigenvalue weighted by atomic mass is 9.99. The van der Waals surface area contributed by atoms with E-state index in [0.29, 0.717) is 12.8 Å². The van der Waals surface area contributed by atoms with E-state index >= 15 is 0 Å². The third-order valence-corrected chi connectivity index (χ3v) is 10.2. The van der Waals surface area contributed by atoms with Gasteiger partial charge in [0.15, 0.2) is 0 Å². The minimum atomic E-state index is -1.13. The highest BCUT2D eigenvalue weighted by atomic mass is 16.3. The van der Waals surface area contributed by atoms with Crippen LogP contribution in [0.3, 0.4) is 0 Å². The van der Waals surface area contributed by atoms with Gasteiger partial charge in [-0.1, -0.05) is 219 Å². The summed E-state index contributed by atoms with van der Waals surface area (Å²) in [7, 11) is 0. The van der Waals surface area contributed by atoms with Gasteiger partial charge in [0.1, 0.15) is 6.10 Å². The van der Waals surface area contributed by atoms with Gasteiger partial charge in [0.25, 0.3) is 0 Å². The SMILES string of the molecule is CCCCCCCCCCCCCCCCCCCCCCCCCCC(O)C(O)C(CO)NC(=O)CCCCCCCCCCC. The van der Waals surface area contributed by atoms with Gasteiger partial charge in [0.2, 0.25) is 5.91 Å². The summed E-state index contributed by atoms with van der Waals surface area (Å²) in [4.78, 5) is 12.3. The van der Waals surface area contributed by atoms with Gasteiger partial charge in [0.05, 0.1) is 18.8 Å². The smallest absolute Gasteiger partial charge is 0.220 e. The Labute approximate surface area is 294 Å². The summed E-state index contributed by atoms with van der Waals surface area (Å²) >= 11 is 0. The minimum absolute atomic E-state index is 0.145. The molecule has 47 heavy (non-hydrogen) atoms. The highest BCUT2D eigenvalue weighted by Gasteiger charge is 2.26. The van der Waals surface area contributed by atoms with Crippen LogP contribution in [0.5, 0.6) is 0 Å². The predicted octanol–water partition coefficient (Wildman–Crippen LogP) is 11.9. The van der Waals surface area contributed by atoms with Gasteiger partial charge >= 0.3 is 0 Å². The van der Waals surface area contributed by atoms with Crippen LogP contribution >= 0.6 is 0 Å². The van der Waals surface area contributed by atoms with Gasteiger partial charge in [-0.25, -0.2) is 0 Å².